The topological polar surface area (TPSA) is 468 Å². The summed E-state index contributed by atoms with van der Waals surface area (Å²) in [6, 6.07) is -10.1. The van der Waals surface area contributed by atoms with Crippen LogP contribution in [0.25, 0.3) is 0 Å². The molecule has 2 aliphatic rings. The minimum Gasteiger partial charge on any atom is -0.548 e. The zero-order valence-electron chi connectivity index (χ0n) is 50.5. The summed E-state index contributed by atoms with van der Waals surface area (Å²) < 4.78 is 23.3. The molecule has 482 valence electrons. The van der Waals surface area contributed by atoms with Gasteiger partial charge in [-0.05, 0) is 52.9 Å². The number of hydrogen-bond donors (Lipinski definition) is 14. The molecular weight excluding hydrogens is 1130 g/mol. The fraction of sp³-hybridized carbons (Fsp3) is 0.818. The molecule has 0 aromatic heterocycles. The molecule has 0 spiro atoms. The molecule has 16 atom stereocenters. The summed E-state index contributed by atoms with van der Waals surface area (Å²) in [5.41, 5.74) is 11.2. The van der Waals surface area contributed by atoms with Crippen LogP contribution >= 0.6 is 0 Å². The predicted octanol–water partition coefficient (Wildman–Crippen LogP) is -6.30. The fourth-order valence-corrected chi connectivity index (χ4v) is 9.72. The van der Waals surface area contributed by atoms with Crippen molar-refractivity contribution < 1.29 is 127 Å². The van der Waals surface area contributed by atoms with E-state index in [-0.39, 0.29) is 61.1 Å². The average molecular weight is 1230 g/mol. The standard InChI is InChI=1S/C55H97N9O20.Na/c1-7-8-9-10-11-12-13-14-15-16-17-18-19-20-21-25-40(69)62-35(48(56)73)23-22-24-37(52(77)59-31(3)53(78)79)63-41(70)27-26-36(49(57)74)64-50(75)30(2)58-51(76)32(4)81-47-43(61-34(6)68)54(80)82-39(29-66)46(47)84-55-42(60-33(5)67)45(72)44(71)38(28-65)83-55;/h30-32,35-39,42-47,54-55,65-66,71-72,80H,7-29H2,1-6H3,(H2,56,73)(H2,57,74)(H,58,76)(H,59,77)(H,60,67)(H,61,68)(H,62,69)(H,63,70)(H,64,75)(H,78,79);/q;+1/p-1/t30?,31?,32?,35?,36?,37?,38-,39-,42-,43-,44-,45-,46-,47-,54-,55-;/m1./s1. The molecule has 0 aromatic rings. The quantitative estimate of drug-likeness (QED) is 0.0200. The van der Waals surface area contributed by atoms with E-state index in [1.165, 1.54) is 78.1 Å². The van der Waals surface area contributed by atoms with Crippen molar-refractivity contribution in [3.8, 4) is 0 Å². The van der Waals surface area contributed by atoms with Crippen molar-refractivity contribution in [1.82, 2.24) is 37.2 Å². The third kappa shape index (κ3) is 29.3. The Morgan fingerprint density at radius 2 is 1.00 bits per heavy atom. The van der Waals surface area contributed by atoms with E-state index in [1.54, 1.807) is 0 Å². The first kappa shape index (κ1) is 78.4. The Kier molecular flexibility index (Phi) is 39.0. The number of aliphatic carboxylic acids is 1. The van der Waals surface area contributed by atoms with Crippen molar-refractivity contribution in [2.24, 2.45) is 11.5 Å². The largest absolute Gasteiger partial charge is 1.00 e. The number of unbranched alkanes of at least 4 members (excludes halogenated alkanes) is 14. The van der Waals surface area contributed by atoms with Crippen LogP contribution in [0.3, 0.4) is 0 Å². The molecule has 0 saturated carbocycles. The number of aliphatic hydroxyl groups excluding tert-OH is 5. The number of ether oxygens (including phenoxy) is 4. The van der Waals surface area contributed by atoms with Crippen molar-refractivity contribution in [2.75, 3.05) is 13.2 Å². The van der Waals surface area contributed by atoms with Gasteiger partial charge in [0.15, 0.2) is 12.6 Å². The summed E-state index contributed by atoms with van der Waals surface area (Å²) in [4.78, 5) is 127. The Hall–Kier alpha value is -4.66. The van der Waals surface area contributed by atoms with Gasteiger partial charge in [-0.15, -0.1) is 0 Å². The number of rotatable bonds is 42. The molecule has 85 heavy (non-hydrogen) atoms. The molecule has 2 heterocycles. The summed E-state index contributed by atoms with van der Waals surface area (Å²) in [7, 11) is 0. The summed E-state index contributed by atoms with van der Waals surface area (Å²) in [6.45, 7) is 6.21. The number of carbonyl (C=O) groups excluding carboxylic acids is 10. The van der Waals surface area contributed by atoms with E-state index in [0.29, 0.717) is 6.42 Å². The molecule has 2 saturated heterocycles. The Morgan fingerprint density at radius 1 is 0.529 bits per heavy atom. The van der Waals surface area contributed by atoms with Crippen LogP contribution in [0.15, 0.2) is 0 Å². The Morgan fingerprint density at radius 3 is 1.51 bits per heavy atom. The van der Waals surface area contributed by atoms with Crippen LogP contribution in [0.4, 0.5) is 0 Å². The second-order valence-corrected chi connectivity index (χ2v) is 21.8. The van der Waals surface area contributed by atoms with Crippen molar-refractivity contribution in [3.63, 3.8) is 0 Å². The molecule has 9 amide bonds. The van der Waals surface area contributed by atoms with Crippen molar-refractivity contribution in [2.45, 2.75) is 274 Å². The molecule has 0 radical (unpaired) electrons. The molecule has 2 aliphatic heterocycles. The molecule has 16 N–H and O–H groups in total. The average Bonchev–Trinajstić information content (AvgIpc) is 1.29. The van der Waals surface area contributed by atoms with Crippen LogP contribution in [-0.4, -0.2) is 195 Å². The smallest absolute Gasteiger partial charge is 0.548 e. The number of nitrogens with two attached hydrogens (primary N) is 2. The zero-order valence-corrected chi connectivity index (χ0v) is 52.5. The van der Waals surface area contributed by atoms with E-state index in [1.807, 2.05) is 0 Å². The van der Waals surface area contributed by atoms with E-state index < -0.39 is 177 Å². The summed E-state index contributed by atoms with van der Waals surface area (Å²) in [6.07, 6.45) is 1.49. The first-order valence-electron chi connectivity index (χ1n) is 29.5. The van der Waals surface area contributed by atoms with Gasteiger partial charge in [-0.1, -0.05) is 96.8 Å². The van der Waals surface area contributed by atoms with Gasteiger partial charge in [0.05, 0.1) is 25.2 Å². The van der Waals surface area contributed by atoms with Crippen molar-refractivity contribution in [3.05, 3.63) is 0 Å². The summed E-state index contributed by atoms with van der Waals surface area (Å²) in [5, 5.41) is 80.8. The maximum Gasteiger partial charge on any atom is 1.00 e. The predicted molar refractivity (Wildman–Crippen MR) is 297 cm³/mol. The number of hydrogen-bond acceptors (Lipinski definition) is 20. The molecule has 6 unspecified atom stereocenters. The molecule has 0 aliphatic carbocycles. The third-order valence-electron chi connectivity index (χ3n) is 14.6. The second kappa shape index (κ2) is 42.3. The van der Waals surface area contributed by atoms with E-state index in [4.69, 9.17) is 30.4 Å². The number of nitrogens with one attached hydrogen (secondary N) is 7. The molecule has 2 fully saturated rings. The summed E-state index contributed by atoms with van der Waals surface area (Å²) in [5.74, 6) is -9.15. The first-order valence-corrected chi connectivity index (χ1v) is 29.5. The van der Waals surface area contributed by atoms with Crippen molar-refractivity contribution >= 4 is 59.1 Å². The van der Waals surface area contributed by atoms with Crippen LogP contribution < -0.4 is 83.3 Å². The SMILES string of the molecule is CCCCCCCCCCCCCCCCCC(=O)NC(CCCC(NC(=O)CCC(NC(=O)C(C)NC(=O)C(C)O[C@@H]1[C@@H](NC(C)=O)[C@H](O)O[C@H](CO)[C@H]1O[C@H]1O[C@H](CO)[C@@H](O)[C@H](O)[C@H]1NC(C)=O)C(N)=O)C(=O)NC(C)C(=O)[O-])C(N)=O.[Na+]. The van der Waals surface area contributed by atoms with E-state index in [9.17, 15) is 78.6 Å². The van der Waals surface area contributed by atoms with Crippen LogP contribution in [0.2, 0.25) is 0 Å². The number of carboxylic acids is 1. The van der Waals surface area contributed by atoms with Gasteiger partial charge in [-0.2, -0.15) is 0 Å². The third-order valence-corrected chi connectivity index (χ3v) is 14.6. The van der Waals surface area contributed by atoms with Crippen molar-refractivity contribution in [1.29, 1.82) is 0 Å². The Labute approximate surface area is 519 Å². The van der Waals surface area contributed by atoms with Gasteiger partial charge in [-0.25, -0.2) is 0 Å². The second-order valence-electron chi connectivity index (χ2n) is 21.8. The molecule has 2 rings (SSSR count). The Balaban J connectivity index is 0.0000361. The zero-order chi connectivity index (χ0) is 63.1. The van der Waals surface area contributed by atoms with E-state index >= 15 is 0 Å². The maximum atomic E-state index is 13.6. The minimum atomic E-state index is -1.90. The molecule has 29 nitrogen and oxygen atoms in total. The number of carboxylic acid groups (broad SMARTS) is 1. The van der Waals surface area contributed by atoms with Gasteiger partial charge in [0.2, 0.25) is 53.2 Å². The molecular formula is C55H96N9NaO20. The van der Waals surface area contributed by atoms with Crippen LogP contribution in [-0.2, 0) is 66.9 Å². The monoisotopic (exact) mass is 1230 g/mol. The number of aliphatic hydroxyl groups is 5. The number of carbonyl (C=O) groups is 10. The van der Waals surface area contributed by atoms with Crippen LogP contribution in [0, 0.1) is 0 Å². The minimum absolute atomic E-state index is 0. The number of primary amides is 2. The molecule has 0 aromatic carbocycles. The molecule has 0 bridgehead atoms. The van der Waals surface area contributed by atoms with E-state index in [2.05, 4.69) is 44.1 Å². The van der Waals surface area contributed by atoms with Crippen LogP contribution in [0.1, 0.15) is 176 Å². The maximum absolute atomic E-state index is 13.6. The normalized spacial score (nSPS) is 24.1. The first-order chi connectivity index (χ1) is 39.8. The summed E-state index contributed by atoms with van der Waals surface area (Å²) >= 11 is 0. The van der Waals surface area contributed by atoms with Gasteiger partial charge in [0.1, 0.15) is 79.0 Å². The molecule has 30 heteroatoms. The van der Waals surface area contributed by atoms with Gasteiger partial charge in [-0.3, -0.25) is 43.2 Å². The van der Waals surface area contributed by atoms with Crippen LogP contribution in [0.5, 0.6) is 0 Å². The fourth-order valence-electron chi connectivity index (χ4n) is 9.72. The van der Waals surface area contributed by atoms with Gasteiger partial charge >= 0.3 is 29.6 Å². The Bertz CT molecular complexity index is 2100. The van der Waals surface area contributed by atoms with Gasteiger partial charge < -0.3 is 103 Å². The van der Waals surface area contributed by atoms with Gasteiger partial charge in [0, 0.05) is 26.7 Å². The van der Waals surface area contributed by atoms with E-state index in [0.717, 1.165) is 46.5 Å². The van der Waals surface area contributed by atoms with Gasteiger partial charge in [0.25, 0.3) is 0 Å². The number of amides is 9.